The van der Waals surface area contributed by atoms with Gasteiger partial charge in [0.05, 0.1) is 20.3 Å². The molecule has 0 aromatic heterocycles. The van der Waals surface area contributed by atoms with Crippen LogP contribution in [0.15, 0.2) is 36.4 Å². The van der Waals surface area contributed by atoms with Crippen LogP contribution in [0.2, 0.25) is 5.02 Å². The standard InChI is InChI=1S/C23H28ClNO2/c1-15-7-8-19(11-15)25-10-9-16-13-21(26-2)22(27-3)14-20(16)23(25)17-5-4-6-18(24)12-17/h4-6,12-15,19,23H,7-11H2,1-3H3/t15-,19+,23-/m0/s1. The van der Waals surface area contributed by atoms with Crippen molar-refractivity contribution >= 4 is 11.6 Å². The molecule has 4 heteroatoms. The van der Waals surface area contributed by atoms with Crippen molar-refractivity contribution in [3.63, 3.8) is 0 Å². The highest BCUT2D eigenvalue weighted by Crippen LogP contribution is 2.44. The fraction of sp³-hybridized carbons (Fsp3) is 0.478. The van der Waals surface area contributed by atoms with Crippen LogP contribution in [0.25, 0.3) is 0 Å². The third-order valence-corrected chi connectivity index (χ3v) is 6.45. The molecule has 1 aliphatic carbocycles. The summed E-state index contributed by atoms with van der Waals surface area (Å²) in [7, 11) is 3.41. The average molecular weight is 386 g/mol. The molecule has 3 nitrogen and oxygen atoms in total. The lowest BCUT2D eigenvalue weighted by Crippen LogP contribution is -2.42. The topological polar surface area (TPSA) is 21.7 Å². The van der Waals surface area contributed by atoms with Gasteiger partial charge in [0.25, 0.3) is 0 Å². The molecule has 1 fully saturated rings. The zero-order valence-corrected chi connectivity index (χ0v) is 17.1. The molecular weight excluding hydrogens is 358 g/mol. The lowest BCUT2D eigenvalue weighted by molar-refractivity contribution is 0.145. The molecule has 0 saturated heterocycles. The summed E-state index contributed by atoms with van der Waals surface area (Å²) in [6, 6.07) is 13.5. The molecule has 3 atom stereocenters. The van der Waals surface area contributed by atoms with Gasteiger partial charge in [0, 0.05) is 17.6 Å². The fourth-order valence-electron chi connectivity index (χ4n) is 4.88. The minimum absolute atomic E-state index is 0.211. The zero-order valence-electron chi connectivity index (χ0n) is 16.4. The number of methoxy groups -OCH3 is 2. The van der Waals surface area contributed by atoms with Crippen molar-refractivity contribution < 1.29 is 9.47 Å². The first kappa shape index (κ1) is 18.6. The third kappa shape index (κ3) is 3.55. The predicted molar refractivity (Wildman–Crippen MR) is 110 cm³/mol. The van der Waals surface area contributed by atoms with Crippen LogP contribution < -0.4 is 9.47 Å². The molecule has 4 rings (SSSR count). The molecule has 1 saturated carbocycles. The highest BCUT2D eigenvalue weighted by Gasteiger charge is 2.37. The Balaban J connectivity index is 1.82. The first-order chi connectivity index (χ1) is 13.1. The van der Waals surface area contributed by atoms with E-state index in [1.807, 2.05) is 6.07 Å². The summed E-state index contributed by atoms with van der Waals surface area (Å²) in [6.07, 6.45) is 4.92. The van der Waals surface area contributed by atoms with E-state index in [-0.39, 0.29) is 6.04 Å². The first-order valence-electron chi connectivity index (χ1n) is 9.86. The summed E-state index contributed by atoms with van der Waals surface area (Å²) >= 11 is 6.36. The first-order valence-corrected chi connectivity index (χ1v) is 10.2. The van der Waals surface area contributed by atoms with Gasteiger partial charge >= 0.3 is 0 Å². The van der Waals surface area contributed by atoms with Crippen molar-refractivity contribution in [3.05, 3.63) is 58.1 Å². The van der Waals surface area contributed by atoms with Crippen LogP contribution in [0.5, 0.6) is 11.5 Å². The maximum absolute atomic E-state index is 6.36. The Hall–Kier alpha value is -1.71. The van der Waals surface area contributed by atoms with Crippen LogP contribution in [0.1, 0.15) is 48.9 Å². The fourth-order valence-corrected chi connectivity index (χ4v) is 5.08. The average Bonchev–Trinajstić information content (AvgIpc) is 3.12. The number of ether oxygens (including phenoxy) is 2. The van der Waals surface area contributed by atoms with Gasteiger partial charge in [-0.15, -0.1) is 0 Å². The Bertz CT molecular complexity index is 822. The molecule has 2 aromatic rings. The molecule has 2 aliphatic rings. The van der Waals surface area contributed by atoms with Crippen molar-refractivity contribution in [1.82, 2.24) is 4.90 Å². The second-order valence-electron chi connectivity index (χ2n) is 7.92. The molecular formula is C23H28ClNO2. The second kappa shape index (κ2) is 7.73. The monoisotopic (exact) mass is 385 g/mol. The van der Waals surface area contributed by atoms with E-state index in [2.05, 4.69) is 42.2 Å². The minimum atomic E-state index is 0.211. The Morgan fingerprint density at radius 1 is 1.04 bits per heavy atom. The lowest BCUT2D eigenvalue weighted by atomic mass is 9.86. The summed E-state index contributed by atoms with van der Waals surface area (Å²) in [5, 5.41) is 0.792. The molecule has 1 heterocycles. The molecule has 0 radical (unpaired) electrons. The second-order valence-corrected chi connectivity index (χ2v) is 8.36. The highest BCUT2D eigenvalue weighted by atomic mass is 35.5. The molecule has 0 amide bonds. The Labute approximate surface area is 167 Å². The highest BCUT2D eigenvalue weighted by molar-refractivity contribution is 6.30. The van der Waals surface area contributed by atoms with Gasteiger partial charge in [0.2, 0.25) is 0 Å². The van der Waals surface area contributed by atoms with E-state index >= 15 is 0 Å². The zero-order chi connectivity index (χ0) is 19.0. The largest absolute Gasteiger partial charge is 0.493 e. The summed E-state index contributed by atoms with van der Waals surface area (Å²) in [5.41, 5.74) is 3.93. The Morgan fingerprint density at radius 2 is 1.81 bits per heavy atom. The quantitative estimate of drug-likeness (QED) is 0.694. The van der Waals surface area contributed by atoms with Gasteiger partial charge < -0.3 is 9.47 Å². The van der Waals surface area contributed by atoms with Gasteiger partial charge in [0.1, 0.15) is 0 Å². The van der Waals surface area contributed by atoms with Crippen LogP contribution in [0.4, 0.5) is 0 Å². The van der Waals surface area contributed by atoms with Crippen LogP contribution in [-0.2, 0) is 6.42 Å². The van der Waals surface area contributed by atoms with Crippen LogP contribution in [-0.4, -0.2) is 31.7 Å². The molecule has 0 bridgehead atoms. The van der Waals surface area contributed by atoms with E-state index < -0.39 is 0 Å². The minimum Gasteiger partial charge on any atom is -0.493 e. The number of fused-ring (bicyclic) bond motifs is 1. The number of benzene rings is 2. The maximum atomic E-state index is 6.36. The molecule has 0 unspecified atom stereocenters. The van der Waals surface area contributed by atoms with E-state index in [0.717, 1.165) is 35.4 Å². The summed E-state index contributed by atoms with van der Waals surface area (Å²) in [5.74, 6) is 2.41. The maximum Gasteiger partial charge on any atom is 0.161 e. The summed E-state index contributed by atoms with van der Waals surface area (Å²) in [6.45, 7) is 3.44. The Kier molecular flexibility index (Phi) is 5.34. The van der Waals surface area contributed by atoms with Crippen molar-refractivity contribution in [3.8, 4) is 11.5 Å². The number of halogens is 1. The van der Waals surface area contributed by atoms with Gasteiger partial charge in [-0.2, -0.15) is 0 Å². The molecule has 144 valence electrons. The van der Waals surface area contributed by atoms with Crippen LogP contribution in [0, 0.1) is 5.92 Å². The number of hydrogen-bond acceptors (Lipinski definition) is 3. The normalized spacial score (nSPS) is 25.3. The van der Waals surface area contributed by atoms with Crippen LogP contribution in [0.3, 0.4) is 0 Å². The van der Waals surface area contributed by atoms with E-state index in [0.29, 0.717) is 6.04 Å². The SMILES string of the molecule is COc1cc2c(cc1OC)[C@H](c1cccc(Cl)c1)N([C@@H]1CC[C@H](C)C1)CC2. The van der Waals surface area contributed by atoms with Gasteiger partial charge in [0.15, 0.2) is 11.5 Å². The van der Waals surface area contributed by atoms with E-state index in [4.69, 9.17) is 21.1 Å². The van der Waals surface area contributed by atoms with Gasteiger partial charge in [-0.05, 0) is 72.6 Å². The number of nitrogens with zero attached hydrogens (tertiary/aromatic N) is 1. The number of hydrogen-bond donors (Lipinski definition) is 0. The van der Waals surface area contributed by atoms with E-state index in [1.165, 1.54) is 36.0 Å². The van der Waals surface area contributed by atoms with Gasteiger partial charge in [-0.25, -0.2) is 0 Å². The molecule has 1 aliphatic heterocycles. The van der Waals surface area contributed by atoms with E-state index in [1.54, 1.807) is 14.2 Å². The predicted octanol–water partition coefficient (Wildman–Crippen LogP) is 5.49. The van der Waals surface area contributed by atoms with Gasteiger partial charge in [-0.3, -0.25) is 4.90 Å². The van der Waals surface area contributed by atoms with Gasteiger partial charge in [-0.1, -0.05) is 30.7 Å². The summed E-state index contributed by atoms with van der Waals surface area (Å²) in [4.78, 5) is 2.70. The van der Waals surface area contributed by atoms with Crippen molar-refractivity contribution in [1.29, 1.82) is 0 Å². The van der Waals surface area contributed by atoms with Crippen molar-refractivity contribution in [2.45, 2.75) is 44.7 Å². The lowest BCUT2D eigenvalue weighted by Gasteiger charge is -2.42. The van der Waals surface area contributed by atoms with Crippen LogP contribution >= 0.6 is 11.6 Å². The molecule has 0 N–H and O–H groups in total. The van der Waals surface area contributed by atoms with Crippen molar-refractivity contribution in [2.75, 3.05) is 20.8 Å². The van der Waals surface area contributed by atoms with E-state index in [9.17, 15) is 0 Å². The smallest absolute Gasteiger partial charge is 0.161 e. The molecule has 2 aromatic carbocycles. The number of rotatable bonds is 4. The molecule has 27 heavy (non-hydrogen) atoms. The molecule has 0 spiro atoms. The third-order valence-electron chi connectivity index (χ3n) is 6.21. The van der Waals surface area contributed by atoms with Crippen molar-refractivity contribution in [2.24, 2.45) is 5.92 Å². The Morgan fingerprint density at radius 3 is 2.48 bits per heavy atom. The summed E-state index contributed by atoms with van der Waals surface area (Å²) < 4.78 is 11.2.